The zero-order valence-electron chi connectivity index (χ0n) is 9.23. The Morgan fingerprint density at radius 1 is 1.47 bits per heavy atom. The molecule has 0 aliphatic rings. The minimum Gasteiger partial charge on any atom is -0.505 e. The lowest BCUT2D eigenvalue weighted by molar-refractivity contribution is 0.0600. The van der Waals surface area contributed by atoms with Gasteiger partial charge in [0.15, 0.2) is 15.6 Å². The topological polar surface area (TPSA) is 80.7 Å². The molecule has 1 N–H and O–H groups in total. The van der Waals surface area contributed by atoms with Crippen molar-refractivity contribution in [2.24, 2.45) is 0 Å². The quantitative estimate of drug-likeness (QED) is 0.850. The predicted octanol–water partition coefficient (Wildman–Crippen LogP) is 1.63. The van der Waals surface area contributed by atoms with Crippen LogP contribution in [0.25, 0.3) is 0 Å². The molecule has 1 rings (SSSR count). The third-order valence-electron chi connectivity index (χ3n) is 2.20. The molecule has 0 aliphatic carbocycles. The van der Waals surface area contributed by atoms with Crippen molar-refractivity contribution >= 4 is 27.4 Å². The maximum atomic E-state index is 11.6. The summed E-state index contributed by atoms with van der Waals surface area (Å²) in [5.74, 6) is -1.55. The zero-order valence-corrected chi connectivity index (χ0v) is 10.8. The molecule has 17 heavy (non-hydrogen) atoms. The molecule has 0 aromatic heterocycles. The van der Waals surface area contributed by atoms with Gasteiger partial charge in [-0.3, -0.25) is 0 Å². The van der Waals surface area contributed by atoms with E-state index in [0.29, 0.717) is 0 Å². The number of hydrogen-bond donors (Lipinski definition) is 1. The normalized spacial score (nSPS) is 11.2. The van der Waals surface area contributed by atoms with Crippen LogP contribution in [0.5, 0.6) is 5.75 Å². The molecule has 5 nitrogen and oxygen atoms in total. The molecule has 94 valence electrons. The van der Waals surface area contributed by atoms with Crippen LogP contribution in [0.3, 0.4) is 0 Å². The number of sulfone groups is 1. The molecule has 0 aliphatic heterocycles. The highest BCUT2D eigenvalue weighted by Gasteiger charge is 2.23. The third kappa shape index (κ3) is 2.53. The Morgan fingerprint density at radius 2 is 2.06 bits per heavy atom. The minimum atomic E-state index is -3.59. The molecule has 0 atom stereocenters. The van der Waals surface area contributed by atoms with Crippen LogP contribution in [0.1, 0.15) is 17.3 Å². The highest BCUT2D eigenvalue weighted by molar-refractivity contribution is 7.91. The molecule has 0 bridgehead atoms. The summed E-state index contributed by atoms with van der Waals surface area (Å²) in [5.41, 5.74) is -0.0817. The van der Waals surface area contributed by atoms with Crippen molar-refractivity contribution in [1.82, 2.24) is 0 Å². The Morgan fingerprint density at radius 3 is 2.53 bits per heavy atom. The number of halogens is 1. The van der Waals surface area contributed by atoms with Crippen LogP contribution in [0, 0.1) is 0 Å². The average Bonchev–Trinajstić information content (AvgIpc) is 2.31. The number of hydrogen-bond acceptors (Lipinski definition) is 5. The van der Waals surface area contributed by atoms with Gasteiger partial charge in [-0.15, -0.1) is 0 Å². The van der Waals surface area contributed by atoms with Crippen LogP contribution in [-0.2, 0) is 14.6 Å². The first-order valence-electron chi connectivity index (χ1n) is 4.67. The standard InChI is InChI=1S/C10H11ClO5S/c1-3-17(14,15)7-5-4-6(10(13)16-2)8(11)9(7)12/h4-5,12H,3H2,1-2H3. The summed E-state index contributed by atoms with van der Waals surface area (Å²) in [6.45, 7) is 1.44. The Labute approximate surface area is 104 Å². The number of benzene rings is 1. The van der Waals surface area contributed by atoms with Crippen molar-refractivity contribution in [3.05, 3.63) is 22.7 Å². The Kier molecular flexibility index (Phi) is 4.00. The molecular weight excluding hydrogens is 268 g/mol. The lowest BCUT2D eigenvalue weighted by atomic mass is 10.2. The van der Waals surface area contributed by atoms with Crippen molar-refractivity contribution in [3.63, 3.8) is 0 Å². The van der Waals surface area contributed by atoms with E-state index in [0.717, 1.165) is 13.2 Å². The molecule has 0 spiro atoms. The van der Waals surface area contributed by atoms with Crippen LogP contribution in [-0.4, -0.2) is 32.4 Å². The minimum absolute atomic E-state index is 0.0817. The number of phenolic OH excluding ortho intramolecular Hbond substituents is 1. The Hall–Kier alpha value is -1.27. The van der Waals surface area contributed by atoms with E-state index in [2.05, 4.69) is 4.74 Å². The number of aromatic hydroxyl groups is 1. The second kappa shape index (κ2) is 4.93. The van der Waals surface area contributed by atoms with E-state index in [1.54, 1.807) is 0 Å². The molecule has 0 radical (unpaired) electrons. The van der Waals surface area contributed by atoms with Crippen molar-refractivity contribution in [3.8, 4) is 5.75 Å². The van der Waals surface area contributed by atoms with Crippen LogP contribution in [0.15, 0.2) is 17.0 Å². The fourth-order valence-electron chi connectivity index (χ4n) is 1.22. The van der Waals surface area contributed by atoms with E-state index in [-0.39, 0.29) is 21.2 Å². The van der Waals surface area contributed by atoms with Gasteiger partial charge in [-0.1, -0.05) is 18.5 Å². The number of phenols is 1. The van der Waals surface area contributed by atoms with E-state index in [1.165, 1.54) is 13.0 Å². The summed E-state index contributed by atoms with van der Waals surface area (Å²) in [5, 5.41) is 9.34. The van der Waals surface area contributed by atoms with Crippen LogP contribution in [0.4, 0.5) is 0 Å². The molecule has 0 amide bonds. The van der Waals surface area contributed by atoms with Gasteiger partial charge in [0, 0.05) is 0 Å². The molecule has 1 aromatic rings. The average molecular weight is 279 g/mol. The maximum Gasteiger partial charge on any atom is 0.339 e. The highest BCUT2D eigenvalue weighted by Crippen LogP contribution is 2.34. The van der Waals surface area contributed by atoms with E-state index in [9.17, 15) is 18.3 Å². The lowest BCUT2D eigenvalue weighted by Gasteiger charge is -2.08. The van der Waals surface area contributed by atoms with E-state index >= 15 is 0 Å². The smallest absolute Gasteiger partial charge is 0.339 e. The van der Waals surface area contributed by atoms with Crippen LogP contribution >= 0.6 is 11.6 Å². The largest absolute Gasteiger partial charge is 0.505 e. The number of carbonyl (C=O) groups is 1. The second-order valence-electron chi connectivity index (χ2n) is 3.17. The fourth-order valence-corrected chi connectivity index (χ4v) is 2.50. The Balaban J connectivity index is 3.45. The molecule has 0 heterocycles. The van der Waals surface area contributed by atoms with E-state index in [1.807, 2.05) is 0 Å². The first-order valence-corrected chi connectivity index (χ1v) is 6.70. The maximum absolute atomic E-state index is 11.6. The monoisotopic (exact) mass is 278 g/mol. The van der Waals surface area contributed by atoms with Gasteiger partial charge in [-0.05, 0) is 12.1 Å². The second-order valence-corrected chi connectivity index (χ2v) is 5.79. The zero-order chi connectivity index (χ0) is 13.2. The van der Waals surface area contributed by atoms with E-state index < -0.39 is 21.6 Å². The van der Waals surface area contributed by atoms with Gasteiger partial charge >= 0.3 is 5.97 Å². The highest BCUT2D eigenvalue weighted by atomic mass is 35.5. The first kappa shape index (κ1) is 13.8. The lowest BCUT2D eigenvalue weighted by Crippen LogP contribution is -2.07. The summed E-state index contributed by atoms with van der Waals surface area (Å²) in [4.78, 5) is 11.0. The van der Waals surface area contributed by atoms with Crippen LogP contribution < -0.4 is 0 Å². The van der Waals surface area contributed by atoms with Crippen molar-refractivity contribution in [1.29, 1.82) is 0 Å². The van der Waals surface area contributed by atoms with Gasteiger partial charge in [-0.2, -0.15) is 0 Å². The third-order valence-corrected chi connectivity index (χ3v) is 4.34. The summed E-state index contributed by atoms with van der Waals surface area (Å²) in [6.07, 6.45) is 0. The molecule has 0 saturated carbocycles. The Bertz CT molecular complexity index is 550. The van der Waals surface area contributed by atoms with Gasteiger partial charge < -0.3 is 9.84 Å². The summed E-state index contributed by atoms with van der Waals surface area (Å²) >= 11 is 5.72. The molecule has 0 unspecified atom stereocenters. The SMILES string of the molecule is CCS(=O)(=O)c1ccc(C(=O)OC)c(Cl)c1O. The van der Waals surface area contributed by atoms with Crippen molar-refractivity contribution in [2.75, 3.05) is 12.9 Å². The number of esters is 1. The van der Waals surface area contributed by atoms with Gasteiger partial charge in [0.05, 0.1) is 23.4 Å². The molecule has 7 heteroatoms. The number of methoxy groups -OCH3 is 1. The van der Waals surface area contributed by atoms with Crippen molar-refractivity contribution in [2.45, 2.75) is 11.8 Å². The summed E-state index contributed by atoms with van der Waals surface area (Å²) < 4.78 is 27.6. The van der Waals surface area contributed by atoms with E-state index in [4.69, 9.17) is 11.6 Å². The molecule has 0 saturated heterocycles. The summed E-state index contributed by atoms with van der Waals surface area (Å²) in [7, 11) is -2.43. The summed E-state index contributed by atoms with van der Waals surface area (Å²) in [6, 6.07) is 2.34. The molecule has 0 fully saturated rings. The number of carbonyl (C=O) groups excluding carboxylic acids is 1. The number of ether oxygens (including phenoxy) is 1. The van der Waals surface area contributed by atoms with Gasteiger partial charge in [0.1, 0.15) is 4.90 Å². The molecule has 1 aromatic carbocycles. The predicted molar refractivity (Wildman–Crippen MR) is 62.2 cm³/mol. The fraction of sp³-hybridized carbons (Fsp3) is 0.300. The first-order chi connectivity index (χ1) is 7.85. The van der Waals surface area contributed by atoms with Crippen molar-refractivity contribution < 1.29 is 23.1 Å². The van der Waals surface area contributed by atoms with Gasteiger partial charge in [0.25, 0.3) is 0 Å². The van der Waals surface area contributed by atoms with Crippen LogP contribution in [0.2, 0.25) is 5.02 Å². The number of rotatable bonds is 3. The molecular formula is C10H11ClO5S. The van der Waals surface area contributed by atoms with Gasteiger partial charge in [0.2, 0.25) is 0 Å². The van der Waals surface area contributed by atoms with Gasteiger partial charge in [-0.25, -0.2) is 13.2 Å².